The lowest BCUT2D eigenvalue weighted by Crippen LogP contribution is -2.40. The highest BCUT2D eigenvalue weighted by molar-refractivity contribution is 7.89. The zero-order chi connectivity index (χ0) is 25.2. The number of nitro groups is 1. The molecule has 0 radical (unpaired) electrons. The molecule has 3 aromatic rings. The number of nitrogens with one attached hydrogen (secondary N) is 1. The molecule has 1 aliphatic rings. The standard InChI is InChI=1S/C21H20Cl2N6O5S/c1-14-18(21(23)28(26-14)16-4-2-15(22)3-5-16)13-24-25-19-7-6-17(29(30)31)12-20(19)35(32,33)27-8-10-34-11-9-27/h2-7,12-13,25H,8-11H2,1H3. The second-order valence-corrected chi connectivity index (χ2v) is 10.2. The number of nitrogens with zero attached hydrogens (tertiary/aromatic N) is 5. The van der Waals surface area contributed by atoms with Crippen LogP contribution in [0.25, 0.3) is 5.69 Å². The zero-order valence-corrected chi connectivity index (χ0v) is 20.7. The fraction of sp³-hybridized carbons (Fsp3) is 0.238. The number of sulfonamides is 1. The lowest BCUT2D eigenvalue weighted by molar-refractivity contribution is -0.385. The molecule has 1 saturated heterocycles. The highest BCUT2D eigenvalue weighted by Gasteiger charge is 2.30. The molecule has 11 nitrogen and oxygen atoms in total. The summed E-state index contributed by atoms with van der Waals surface area (Å²) in [5, 5.41) is 20.7. The van der Waals surface area contributed by atoms with E-state index in [1.54, 1.807) is 31.2 Å². The minimum Gasteiger partial charge on any atom is -0.379 e. The van der Waals surface area contributed by atoms with E-state index in [2.05, 4.69) is 15.6 Å². The van der Waals surface area contributed by atoms with Crippen LogP contribution in [0.3, 0.4) is 0 Å². The average molecular weight is 539 g/mol. The highest BCUT2D eigenvalue weighted by Crippen LogP contribution is 2.30. The summed E-state index contributed by atoms with van der Waals surface area (Å²) in [4.78, 5) is 10.4. The number of nitro benzene ring substituents is 1. The molecule has 35 heavy (non-hydrogen) atoms. The van der Waals surface area contributed by atoms with E-state index in [0.29, 0.717) is 27.1 Å². The van der Waals surface area contributed by atoms with Crippen LogP contribution in [-0.4, -0.2) is 59.9 Å². The quantitative estimate of drug-likeness (QED) is 0.274. The summed E-state index contributed by atoms with van der Waals surface area (Å²) in [7, 11) is -4.04. The van der Waals surface area contributed by atoms with E-state index in [1.165, 1.54) is 27.3 Å². The molecule has 0 amide bonds. The Balaban J connectivity index is 1.64. The number of halogens is 2. The van der Waals surface area contributed by atoms with Crippen LogP contribution >= 0.6 is 23.2 Å². The van der Waals surface area contributed by atoms with Crippen molar-refractivity contribution < 1.29 is 18.1 Å². The zero-order valence-electron chi connectivity index (χ0n) is 18.4. The first kappa shape index (κ1) is 25.1. The van der Waals surface area contributed by atoms with E-state index in [4.69, 9.17) is 27.9 Å². The summed E-state index contributed by atoms with van der Waals surface area (Å²) >= 11 is 12.4. The Bertz CT molecular complexity index is 1390. The molecule has 1 aliphatic heterocycles. The second-order valence-electron chi connectivity index (χ2n) is 7.50. The van der Waals surface area contributed by atoms with Crippen molar-refractivity contribution in [3.05, 3.63) is 74.0 Å². The van der Waals surface area contributed by atoms with Crippen molar-refractivity contribution in [3.63, 3.8) is 0 Å². The van der Waals surface area contributed by atoms with E-state index in [0.717, 1.165) is 6.07 Å². The topological polar surface area (TPSA) is 132 Å². The molecule has 184 valence electrons. The Labute approximate surface area is 211 Å². The van der Waals surface area contributed by atoms with Crippen LogP contribution in [0.4, 0.5) is 11.4 Å². The van der Waals surface area contributed by atoms with Crippen molar-refractivity contribution in [3.8, 4) is 5.69 Å². The van der Waals surface area contributed by atoms with Crippen LogP contribution in [0, 0.1) is 17.0 Å². The maximum absolute atomic E-state index is 13.2. The SMILES string of the molecule is Cc1nn(-c2ccc(Cl)cc2)c(Cl)c1C=NNc1ccc([N+](=O)[O-])cc1S(=O)(=O)N1CCOCC1. The fourth-order valence-corrected chi connectivity index (χ4v) is 5.45. The predicted octanol–water partition coefficient (Wildman–Crippen LogP) is 3.86. The number of anilines is 1. The summed E-state index contributed by atoms with van der Waals surface area (Å²) < 4.78 is 34.4. The molecule has 2 heterocycles. The van der Waals surface area contributed by atoms with Crippen LogP contribution in [0.2, 0.25) is 10.2 Å². The van der Waals surface area contributed by atoms with E-state index in [-0.39, 0.29) is 42.6 Å². The lowest BCUT2D eigenvalue weighted by Gasteiger charge is -2.26. The third-order valence-electron chi connectivity index (χ3n) is 5.26. The van der Waals surface area contributed by atoms with Gasteiger partial charge in [0.2, 0.25) is 10.0 Å². The van der Waals surface area contributed by atoms with Gasteiger partial charge in [0, 0.05) is 30.2 Å². The van der Waals surface area contributed by atoms with Crippen LogP contribution < -0.4 is 5.43 Å². The van der Waals surface area contributed by atoms with E-state index in [1.807, 2.05) is 0 Å². The van der Waals surface area contributed by atoms with E-state index in [9.17, 15) is 18.5 Å². The highest BCUT2D eigenvalue weighted by atomic mass is 35.5. The Morgan fingerprint density at radius 3 is 2.51 bits per heavy atom. The van der Waals surface area contributed by atoms with Crippen molar-refractivity contribution in [1.82, 2.24) is 14.1 Å². The Hall–Kier alpha value is -3.03. The molecular weight excluding hydrogens is 519 g/mol. The molecule has 0 bridgehead atoms. The lowest BCUT2D eigenvalue weighted by atomic mass is 10.3. The number of ether oxygens (including phenoxy) is 1. The minimum atomic E-state index is -4.04. The number of aromatic nitrogens is 2. The molecule has 0 spiro atoms. The van der Waals surface area contributed by atoms with E-state index < -0.39 is 14.9 Å². The molecular formula is C21H20Cl2N6O5S. The first-order valence-electron chi connectivity index (χ1n) is 10.3. The van der Waals surface area contributed by atoms with Gasteiger partial charge in [0.05, 0.1) is 47.0 Å². The third-order valence-corrected chi connectivity index (χ3v) is 7.82. The van der Waals surface area contributed by atoms with Gasteiger partial charge >= 0.3 is 0 Å². The summed E-state index contributed by atoms with van der Waals surface area (Å²) in [6.45, 7) is 2.52. The Kier molecular flexibility index (Phi) is 7.38. The average Bonchev–Trinajstić information content (AvgIpc) is 3.13. The first-order valence-corrected chi connectivity index (χ1v) is 12.5. The molecule has 0 saturated carbocycles. The predicted molar refractivity (Wildman–Crippen MR) is 132 cm³/mol. The van der Waals surface area contributed by atoms with Gasteiger partial charge in [-0.15, -0.1) is 0 Å². The van der Waals surface area contributed by atoms with Crippen molar-refractivity contribution in [2.24, 2.45) is 5.10 Å². The third kappa shape index (κ3) is 5.31. The molecule has 1 fully saturated rings. The fourth-order valence-electron chi connectivity index (χ4n) is 3.43. The molecule has 4 rings (SSSR count). The summed E-state index contributed by atoms with van der Waals surface area (Å²) in [5.41, 5.74) is 4.20. The van der Waals surface area contributed by atoms with Crippen LogP contribution in [-0.2, 0) is 14.8 Å². The number of rotatable bonds is 7. The number of benzene rings is 2. The van der Waals surface area contributed by atoms with Gasteiger partial charge in [-0.3, -0.25) is 15.5 Å². The maximum Gasteiger partial charge on any atom is 0.270 e. The van der Waals surface area contributed by atoms with Gasteiger partial charge in [-0.25, -0.2) is 13.1 Å². The van der Waals surface area contributed by atoms with Gasteiger partial charge in [-0.05, 0) is 37.3 Å². The molecule has 14 heteroatoms. The van der Waals surface area contributed by atoms with Crippen LogP contribution in [0.5, 0.6) is 0 Å². The van der Waals surface area contributed by atoms with Gasteiger partial charge in [0.1, 0.15) is 10.0 Å². The number of hydrazone groups is 1. The van der Waals surface area contributed by atoms with Crippen molar-refractivity contribution >= 4 is 50.8 Å². The van der Waals surface area contributed by atoms with Gasteiger partial charge < -0.3 is 4.74 Å². The maximum atomic E-state index is 13.2. The van der Waals surface area contributed by atoms with Crippen LogP contribution in [0.15, 0.2) is 52.5 Å². The monoisotopic (exact) mass is 538 g/mol. The van der Waals surface area contributed by atoms with Crippen molar-refractivity contribution in [2.45, 2.75) is 11.8 Å². The van der Waals surface area contributed by atoms with Gasteiger partial charge in [-0.1, -0.05) is 23.2 Å². The smallest absolute Gasteiger partial charge is 0.270 e. The molecule has 2 aromatic carbocycles. The Morgan fingerprint density at radius 2 is 1.86 bits per heavy atom. The van der Waals surface area contributed by atoms with Crippen molar-refractivity contribution in [1.29, 1.82) is 0 Å². The number of hydrogen-bond acceptors (Lipinski definition) is 8. The first-order chi connectivity index (χ1) is 16.7. The van der Waals surface area contributed by atoms with Gasteiger partial charge in [-0.2, -0.15) is 14.5 Å². The number of morpholine rings is 1. The minimum absolute atomic E-state index is 0.0808. The van der Waals surface area contributed by atoms with Crippen LogP contribution in [0.1, 0.15) is 11.3 Å². The second kappa shape index (κ2) is 10.3. The largest absolute Gasteiger partial charge is 0.379 e. The molecule has 1 aromatic heterocycles. The molecule has 0 atom stereocenters. The molecule has 0 unspecified atom stereocenters. The van der Waals surface area contributed by atoms with Gasteiger partial charge in [0.25, 0.3) is 5.69 Å². The molecule has 1 N–H and O–H groups in total. The number of hydrogen-bond donors (Lipinski definition) is 1. The van der Waals surface area contributed by atoms with E-state index >= 15 is 0 Å². The number of non-ortho nitro benzene ring substituents is 1. The normalized spacial score (nSPS) is 14.9. The number of aryl methyl sites for hydroxylation is 1. The van der Waals surface area contributed by atoms with Gasteiger partial charge in [0.15, 0.2) is 0 Å². The summed E-state index contributed by atoms with van der Waals surface area (Å²) in [6.07, 6.45) is 1.41. The molecule has 0 aliphatic carbocycles. The summed E-state index contributed by atoms with van der Waals surface area (Å²) in [5.74, 6) is 0. The Morgan fingerprint density at radius 1 is 1.17 bits per heavy atom. The van der Waals surface area contributed by atoms with Crippen molar-refractivity contribution in [2.75, 3.05) is 31.7 Å². The summed E-state index contributed by atoms with van der Waals surface area (Å²) in [6, 6.07) is 10.5.